The molecule has 1 saturated heterocycles. The van der Waals surface area contributed by atoms with E-state index in [1.807, 2.05) is 4.90 Å². The normalized spacial score (nSPS) is 19.0. The minimum atomic E-state index is -0.103. The third-order valence-corrected chi connectivity index (χ3v) is 3.72. The Morgan fingerprint density at radius 3 is 2.84 bits per heavy atom. The van der Waals surface area contributed by atoms with Crippen molar-refractivity contribution in [3.8, 4) is 0 Å². The van der Waals surface area contributed by atoms with Crippen molar-refractivity contribution in [1.29, 1.82) is 0 Å². The number of hydrogen-bond donors (Lipinski definition) is 2. The zero-order chi connectivity index (χ0) is 13.1. The molecular formula is C12H16Cl3N3O. The van der Waals surface area contributed by atoms with Crippen LogP contribution in [0.15, 0.2) is 18.2 Å². The van der Waals surface area contributed by atoms with Crippen LogP contribution < -0.4 is 11.1 Å². The summed E-state index contributed by atoms with van der Waals surface area (Å²) in [5, 5.41) is 3.55. The highest BCUT2D eigenvalue weighted by atomic mass is 35.5. The molecule has 19 heavy (non-hydrogen) atoms. The van der Waals surface area contributed by atoms with Crippen LogP contribution in [0.25, 0.3) is 0 Å². The molecule has 0 aliphatic carbocycles. The molecule has 1 amide bonds. The van der Waals surface area contributed by atoms with E-state index in [0.717, 1.165) is 19.5 Å². The summed E-state index contributed by atoms with van der Waals surface area (Å²) in [6.07, 6.45) is 0.936. The van der Waals surface area contributed by atoms with Crippen LogP contribution in [0.2, 0.25) is 10.0 Å². The second kappa shape index (κ2) is 7.31. The first-order chi connectivity index (χ1) is 8.56. The number of amides is 1. The van der Waals surface area contributed by atoms with E-state index in [2.05, 4.69) is 5.32 Å². The maximum Gasteiger partial charge on any atom is 0.238 e. The molecular weight excluding hydrogens is 309 g/mol. The molecule has 1 aliphatic heterocycles. The van der Waals surface area contributed by atoms with E-state index in [4.69, 9.17) is 28.9 Å². The van der Waals surface area contributed by atoms with Crippen molar-refractivity contribution in [2.24, 2.45) is 5.73 Å². The molecule has 0 bridgehead atoms. The maximum absolute atomic E-state index is 11.8. The number of halogens is 3. The molecule has 0 saturated carbocycles. The lowest BCUT2D eigenvalue weighted by Gasteiger charge is -2.15. The van der Waals surface area contributed by atoms with Crippen molar-refractivity contribution in [3.05, 3.63) is 28.2 Å². The fraction of sp³-hybridized carbons (Fsp3) is 0.417. The second-order valence-electron chi connectivity index (χ2n) is 4.43. The van der Waals surface area contributed by atoms with Crippen LogP contribution in [-0.4, -0.2) is 36.5 Å². The van der Waals surface area contributed by atoms with Gasteiger partial charge < -0.3 is 11.1 Å². The van der Waals surface area contributed by atoms with Gasteiger partial charge in [-0.1, -0.05) is 29.3 Å². The van der Waals surface area contributed by atoms with Gasteiger partial charge in [0.2, 0.25) is 5.91 Å². The molecule has 7 heteroatoms. The highest BCUT2D eigenvalue weighted by Crippen LogP contribution is 2.29. The lowest BCUT2D eigenvalue weighted by atomic mass is 10.3. The molecule has 1 aromatic carbocycles. The van der Waals surface area contributed by atoms with Crippen LogP contribution in [0.5, 0.6) is 0 Å². The quantitative estimate of drug-likeness (QED) is 0.897. The van der Waals surface area contributed by atoms with E-state index in [1.165, 1.54) is 0 Å². The fourth-order valence-corrected chi connectivity index (χ4v) is 2.35. The lowest BCUT2D eigenvalue weighted by Crippen LogP contribution is -2.33. The van der Waals surface area contributed by atoms with Crippen LogP contribution >= 0.6 is 35.6 Å². The average Bonchev–Trinajstić information content (AvgIpc) is 2.70. The van der Waals surface area contributed by atoms with Gasteiger partial charge in [-0.15, -0.1) is 12.4 Å². The number of hydrogen-bond acceptors (Lipinski definition) is 3. The molecule has 1 fully saturated rings. The first-order valence-corrected chi connectivity index (χ1v) is 6.53. The van der Waals surface area contributed by atoms with E-state index in [1.54, 1.807) is 18.2 Å². The van der Waals surface area contributed by atoms with E-state index in [9.17, 15) is 4.79 Å². The van der Waals surface area contributed by atoms with Crippen LogP contribution in [0.1, 0.15) is 6.42 Å². The third-order valence-electron chi connectivity index (χ3n) is 2.90. The highest BCUT2D eigenvalue weighted by Gasteiger charge is 2.21. The number of rotatable bonds is 3. The van der Waals surface area contributed by atoms with Gasteiger partial charge in [-0.05, 0) is 18.6 Å². The molecule has 1 atom stereocenters. The maximum atomic E-state index is 11.8. The first kappa shape index (κ1) is 16.5. The smallest absolute Gasteiger partial charge is 0.238 e. The predicted octanol–water partition coefficient (Wildman–Crippen LogP) is 2.39. The average molecular weight is 325 g/mol. The van der Waals surface area contributed by atoms with Gasteiger partial charge in [-0.2, -0.15) is 0 Å². The Labute approximate surface area is 128 Å². The molecule has 0 aromatic heterocycles. The zero-order valence-corrected chi connectivity index (χ0v) is 12.6. The molecule has 1 unspecified atom stereocenters. The SMILES string of the molecule is Cl.NC1CCN(CC(=O)Nc2cccc(Cl)c2Cl)C1. The molecule has 0 spiro atoms. The Morgan fingerprint density at radius 1 is 1.47 bits per heavy atom. The number of likely N-dealkylation sites (tertiary alicyclic amines) is 1. The number of carbonyl (C=O) groups is 1. The van der Waals surface area contributed by atoms with Crippen LogP contribution in [0.3, 0.4) is 0 Å². The van der Waals surface area contributed by atoms with Gasteiger partial charge >= 0.3 is 0 Å². The Kier molecular flexibility index (Phi) is 6.36. The van der Waals surface area contributed by atoms with Gasteiger partial charge in [0.15, 0.2) is 0 Å². The number of anilines is 1. The number of nitrogens with two attached hydrogens (primary N) is 1. The van der Waals surface area contributed by atoms with E-state index in [-0.39, 0.29) is 24.4 Å². The Bertz CT molecular complexity index is 456. The predicted molar refractivity (Wildman–Crippen MR) is 81.4 cm³/mol. The van der Waals surface area contributed by atoms with Crippen LogP contribution in [-0.2, 0) is 4.79 Å². The highest BCUT2D eigenvalue weighted by molar-refractivity contribution is 6.43. The van der Waals surface area contributed by atoms with Crippen molar-refractivity contribution in [3.63, 3.8) is 0 Å². The van der Waals surface area contributed by atoms with Crippen LogP contribution in [0.4, 0.5) is 5.69 Å². The first-order valence-electron chi connectivity index (χ1n) is 5.78. The Morgan fingerprint density at radius 2 is 2.21 bits per heavy atom. The molecule has 1 heterocycles. The van der Waals surface area contributed by atoms with Crippen molar-refractivity contribution in [1.82, 2.24) is 4.90 Å². The molecule has 1 aromatic rings. The summed E-state index contributed by atoms with van der Waals surface area (Å²) in [7, 11) is 0. The lowest BCUT2D eigenvalue weighted by molar-refractivity contribution is -0.117. The van der Waals surface area contributed by atoms with Gasteiger partial charge in [-0.25, -0.2) is 0 Å². The number of carbonyl (C=O) groups excluding carboxylic acids is 1. The monoisotopic (exact) mass is 323 g/mol. The van der Waals surface area contributed by atoms with Gasteiger partial charge in [0.05, 0.1) is 22.3 Å². The number of nitrogens with one attached hydrogen (secondary N) is 1. The largest absolute Gasteiger partial charge is 0.326 e. The summed E-state index contributed by atoms with van der Waals surface area (Å²) >= 11 is 11.9. The zero-order valence-electron chi connectivity index (χ0n) is 10.2. The Hall–Kier alpha value is -0.520. The van der Waals surface area contributed by atoms with Crippen molar-refractivity contribution in [2.45, 2.75) is 12.5 Å². The molecule has 4 nitrogen and oxygen atoms in total. The second-order valence-corrected chi connectivity index (χ2v) is 5.22. The molecule has 3 N–H and O–H groups in total. The molecule has 106 valence electrons. The van der Waals surface area contributed by atoms with Gasteiger partial charge in [-0.3, -0.25) is 9.69 Å². The molecule has 1 aliphatic rings. The Balaban J connectivity index is 0.00000180. The minimum absolute atomic E-state index is 0. The summed E-state index contributed by atoms with van der Waals surface area (Å²) in [5.74, 6) is -0.103. The van der Waals surface area contributed by atoms with Gasteiger partial charge in [0.1, 0.15) is 0 Å². The van der Waals surface area contributed by atoms with E-state index >= 15 is 0 Å². The third kappa shape index (κ3) is 4.51. The topological polar surface area (TPSA) is 58.4 Å². The number of nitrogens with zero attached hydrogens (tertiary/aromatic N) is 1. The summed E-state index contributed by atoms with van der Waals surface area (Å²) in [6.45, 7) is 1.95. The summed E-state index contributed by atoms with van der Waals surface area (Å²) in [5.41, 5.74) is 6.32. The van der Waals surface area contributed by atoms with Crippen LogP contribution in [0, 0.1) is 0 Å². The fourth-order valence-electron chi connectivity index (χ4n) is 2.00. The summed E-state index contributed by atoms with van der Waals surface area (Å²) < 4.78 is 0. The van der Waals surface area contributed by atoms with Crippen molar-refractivity contribution in [2.75, 3.05) is 25.0 Å². The van der Waals surface area contributed by atoms with Crippen molar-refractivity contribution >= 4 is 47.2 Å². The van der Waals surface area contributed by atoms with Gasteiger partial charge in [0, 0.05) is 19.1 Å². The standard InChI is InChI=1S/C12H15Cl2N3O.ClH/c13-9-2-1-3-10(12(9)14)16-11(18)7-17-5-4-8(15)6-17;/h1-3,8H,4-7,15H2,(H,16,18);1H. The number of benzene rings is 1. The van der Waals surface area contributed by atoms with Gasteiger partial charge in [0.25, 0.3) is 0 Å². The summed E-state index contributed by atoms with van der Waals surface area (Å²) in [6, 6.07) is 5.32. The van der Waals surface area contributed by atoms with Crippen molar-refractivity contribution < 1.29 is 4.79 Å². The minimum Gasteiger partial charge on any atom is -0.326 e. The summed E-state index contributed by atoms with van der Waals surface area (Å²) in [4.78, 5) is 13.9. The van der Waals surface area contributed by atoms with E-state index < -0.39 is 0 Å². The van der Waals surface area contributed by atoms with E-state index in [0.29, 0.717) is 22.3 Å². The molecule has 0 radical (unpaired) electrons. The molecule has 2 rings (SSSR count).